The summed E-state index contributed by atoms with van der Waals surface area (Å²) in [4.78, 5) is 34.7. The molecule has 1 aliphatic heterocycles. The highest BCUT2D eigenvalue weighted by Crippen LogP contribution is 2.35. The third kappa shape index (κ3) is 6.47. The predicted octanol–water partition coefficient (Wildman–Crippen LogP) is 5.52. The number of carbonyl (C=O) groups excluding carboxylic acids is 2. The molecule has 0 unspecified atom stereocenters. The number of methoxy groups -OCH3 is 1. The quantitative estimate of drug-likeness (QED) is 0.323. The molecular weight excluding hydrogens is 480 g/mol. The maximum atomic E-state index is 12.0. The second-order valence-corrected chi connectivity index (χ2v) is 9.22. The summed E-state index contributed by atoms with van der Waals surface area (Å²) in [6.07, 6.45) is 5.41. The van der Waals surface area contributed by atoms with Crippen LogP contribution in [0, 0.1) is 6.92 Å². The minimum absolute atomic E-state index is 0.222. The van der Waals surface area contributed by atoms with Crippen LogP contribution in [-0.4, -0.2) is 46.9 Å². The smallest absolute Gasteiger partial charge is 0.247 e. The van der Waals surface area contributed by atoms with Crippen LogP contribution in [0.1, 0.15) is 43.2 Å². The summed E-state index contributed by atoms with van der Waals surface area (Å²) in [6, 6.07) is 13.5. The van der Waals surface area contributed by atoms with Gasteiger partial charge in [-0.1, -0.05) is 25.6 Å². The van der Waals surface area contributed by atoms with Crippen LogP contribution in [-0.2, 0) is 9.59 Å². The lowest BCUT2D eigenvalue weighted by Gasteiger charge is -2.32. The van der Waals surface area contributed by atoms with Gasteiger partial charge in [0.05, 0.1) is 12.8 Å². The molecular formula is C29H34N6O3. The first-order valence-corrected chi connectivity index (χ1v) is 12.8. The van der Waals surface area contributed by atoms with Crippen LogP contribution in [0.15, 0.2) is 61.3 Å². The van der Waals surface area contributed by atoms with Crippen LogP contribution in [0.25, 0.3) is 0 Å². The number of carbonyl (C=O) groups is 2. The summed E-state index contributed by atoms with van der Waals surface area (Å²) in [5.41, 5.74) is 4.25. The Morgan fingerprint density at radius 2 is 1.89 bits per heavy atom. The van der Waals surface area contributed by atoms with Gasteiger partial charge in [0.1, 0.15) is 11.6 Å². The monoisotopic (exact) mass is 514 g/mol. The predicted molar refractivity (Wildman–Crippen MR) is 150 cm³/mol. The molecule has 9 nitrogen and oxygen atoms in total. The van der Waals surface area contributed by atoms with Crippen molar-refractivity contribution >= 4 is 40.6 Å². The molecule has 3 N–H and O–H groups in total. The molecule has 0 radical (unpaired) electrons. The standard InChI is InChI=1S/C29H34N6O3/c1-5-26(36)31-22-8-7-9-23(17-22)32-28-19(3)18-30-29(34-28)33-24-11-10-21(16-25(24)38-4)20-12-14-35(15-13-20)27(37)6-2/h5,7-11,16-18,20H,1,6,12-15H2,2-4H3,(H,31,36)(H2,30,32,33,34). The summed E-state index contributed by atoms with van der Waals surface area (Å²) in [5, 5.41) is 9.33. The zero-order chi connectivity index (χ0) is 27.1. The van der Waals surface area contributed by atoms with Crippen LogP contribution in [0.3, 0.4) is 0 Å². The summed E-state index contributed by atoms with van der Waals surface area (Å²) in [6.45, 7) is 8.89. The van der Waals surface area contributed by atoms with Gasteiger partial charge in [0, 0.05) is 42.6 Å². The topological polar surface area (TPSA) is 108 Å². The average Bonchev–Trinajstić information content (AvgIpc) is 2.94. The molecule has 2 aromatic carbocycles. The van der Waals surface area contributed by atoms with E-state index in [-0.39, 0.29) is 11.8 Å². The Balaban J connectivity index is 1.47. The molecule has 2 amide bonds. The number of hydrogen-bond acceptors (Lipinski definition) is 7. The van der Waals surface area contributed by atoms with Gasteiger partial charge in [-0.3, -0.25) is 9.59 Å². The van der Waals surface area contributed by atoms with E-state index in [0.717, 1.165) is 42.9 Å². The molecule has 38 heavy (non-hydrogen) atoms. The molecule has 9 heteroatoms. The van der Waals surface area contributed by atoms with E-state index in [1.165, 1.54) is 11.6 Å². The molecule has 3 aromatic rings. The largest absolute Gasteiger partial charge is 0.495 e. The number of hydrogen-bond donors (Lipinski definition) is 3. The van der Waals surface area contributed by atoms with Gasteiger partial charge >= 0.3 is 0 Å². The number of rotatable bonds is 9. The lowest BCUT2D eigenvalue weighted by Crippen LogP contribution is -2.37. The number of aromatic nitrogens is 2. The van der Waals surface area contributed by atoms with Gasteiger partial charge in [-0.15, -0.1) is 0 Å². The van der Waals surface area contributed by atoms with Gasteiger partial charge in [-0.25, -0.2) is 4.98 Å². The van der Waals surface area contributed by atoms with Crippen LogP contribution >= 0.6 is 0 Å². The number of ether oxygens (including phenoxy) is 1. The van der Waals surface area contributed by atoms with Crippen molar-refractivity contribution in [3.8, 4) is 5.75 Å². The van der Waals surface area contributed by atoms with Gasteiger partial charge in [-0.05, 0) is 67.7 Å². The number of benzene rings is 2. The third-order valence-electron chi connectivity index (χ3n) is 6.64. The molecule has 0 saturated carbocycles. The van der Waals surface area contributed by atoms with Gasteiger partial charge in [0.2, 0.25) is 17.8 Å². The second kappa shape index (κ2) is 12.2. The average molecular weight is 515 g/mol. The number of nitrogens with zero attached hydrogens (tertiary/aromatic N) is 3. The van der Waals surface area contributed by atoms with Crippen molar-refractivity contribution in [2.75, 3.05) is 36.1 Å². The van der Waals surface area contributed by atoms with E-state index in [9.17, 15) is 9.59 Å². The number of likely N-dealkylation sites (tertiary alicyclic amines) is 1. The molecule has 0 atom stereocenters. The van der Waals surface area contributed by atoms with Crippen molar-refractivity contribution in [2.24, 2.45) is 0 Å². The van der Waals surface area contributed by atoms with Crippen LogP contribution in [0.2, 0.25) is 0 Å². The van der Waals surface area contributed by atoms with E-state index >= 15 is 0 Å². The van der Waals surface area contributed by atoms with E-state index in [1.807, 2.05) is 43.0 Å². The maximum Gasteiger partial charge on any atom is 0.247 e. The Morgan fingerprint density at radius 1 is 1.13 bits per heavy atom. The molecule has 198 valence electrons. The minimum atomic E-state index is -0.274. The Labute approximate surface area is 223 Å². The van der Waals surface area contributed by atoms with E-state index in [2.05, 4.69) is 44.6 Å². The molecule has 0 aliphatic carbocycles. The molecule has 2 heterocycles. The van der Waals surface area contributed by atoms with E-state index in [0.29, 0.717) is 35.5 Å². The molecule has 4 rings (SSSR count). The first-order chi connectivity index (χ1) is 18.4. The fraction of sp³-hybridized carbons (Fsp3) is 0.310. The summed E-state index contributed by atoms with van der Waals surface area (Å²) < 4.78 is 5.69. The van der Waals surface area contributed by atoms with Crippen molar-refractivity contribution in [1.29, 1.82) is 0 Å². The molecule has 1 aliphatic rings. The zero-order valence-electron chi connectivity index (χ0n) is 22.1. The van der Waals surface area contributed by atoms with Gasteiger partial charge in [0.15, 0.2) is 0 Å². The summed E-state index contributed by atoms with van der Waals surface area (Å²) in [7, 11) is 1.65. The minimum Gasteiger partial charge on any atom is -0.495 e. The molecule has 0 spiro atoms. The number of aryl methyl sites for hydroxylation is 1. The Bertz CT molecular complexity index is 1320. The maximum absolute atomic E-state index is 12.0. The molecule has 1 aromatic heterocycles. The highest BCUT2D eigenvalue weighted by molar-refractivity contribution is 5.99. The highest BCUT2D eigenvalue weighted by Gasteiger charge is 2.23. The molecule has 1 fully saturated rings. The van der Waals surface area contributed by atoms with E-state index in [1.54, 1.807) is 19.4 Å². The van der Waals surface area contributed by atoms with Crippen molar-refractivity contribution in [1.82, 2.24) is 14.9 Å². The number of nitrogens with one attached hydrogen (secondary N) is 3. The number of piperidine rings is 1. The van der Waals surface area contributed by atoms with Crippen molar-refractivity contribution < 1.29 is 14.3 Å². The second-order valence-electron chi connectivity index (χ2n) is 9.22. The Kier molecular flexibility index (Phi) is 8.58. The number of amides is 2. The van der Waals surface area contributed by atoms with Crippen LogP contribution in [0.5, 0.6) is 5.75 Å². The Hall–Kier alpha value is -4.40. The fourth-order valence-electron chi connectivity index (χ4n) is 4.50. The lowest BCUT2D eigenvalue weighted by molar-refractivity contribution is -0.131. The van der Waals surface area contributed by atoms with Crippen LogP contribution < -0.4 is 20.7 Å². The first kappa shape index (κ1) is 26.7. The van der Waals surface area contributed by atoms with Gasteiger partial charge < -0.3 is 25.6 Å². The van der Waals surface area contributed by atoms with Gasteiger partial charge in [0.25, 0.3) is 0 Å². The normalized spacial score (nSPS) is 13.5. The van der Waals surface area contributed by atoms with Crippen molar-refractivity contribution in [3.63, 3.8) is 0 Å². The summed E-state index contributed by atoms with van der Waals surface area (Å²) in [5.74, 6) is 2.10. The molecule has 0 bridgehead atoms. The van der Waals surface area contributed by atoms with Crippen molar-refractivity contribution in [3.05, 3.63) is 72.4 Å². The zero-order valence-corrected chi connectivity index (χ0v) is 22.1. The summed E-state index contributed by atoms with van der Waals surface area (Å²) >= 11 is 0. The van der Waals surface area contributed by atoms with Crippen LogP contribution in [0.4, 0.5) is 28.8 Å². The molecule has 1 saturated heterocycles. The van der Waals surface area contributed by atoms with Crippen molar-refractivity contribution in [2.45, 2.75) is 39.0 Å². The highest BCUT2D eigenvalue weighted by atomic mass is 16.5. The first-order valence-electron chi connectivity index (χ1n) is 12.8. The Morgan fingerprint density at radius 3 is 2.61 bits per heavy atom. The van der Waals surface area contributed by atoms with Gasteiger partial charge in [-0.2, -0.15) is 4.98 Å². The number of anilines is 5. The van der Waals surface area contributed by atoms with E-state index in [4.69, 9.17) is 4.74 Å². The third-order valence-corrected chi connectivity index (χ3v) is 6.64. The SMILES string of the molecule is C=CC(=O)Nc1cccc(Nc2nc(Nc3ccc(C4CCN(C(=O)CC)CC4)cc3OC)ncc2C)c1. The van der Waals surface area contributed by atoms with E-state index < -0.39 is 0 Å². The fourth-order valence-corrected chi connectivity index (χ4v) is 4.50. The lowest BCUT2D eigenvalue weighted by atomic mass is 9.89.